The maximum absolute atomic E-state index is 14.3. The van der Waals surface area contributed by atoms with Crippen LogP contribution in [-0.2, 0) is 16.0 Å². The van der Waals surface area contributed by atoms with E-state index < -0.39 is 17.8 Å². The second kappa shape index (κ2) is 12.4. The summed E-state index contributed by atoms with van der Waals surface area (Å²) in [6, 6.07) is 12.9. The van der Waals surface area contributed by atoms with E-state index in [1.54, 1.807) is 35.5 Å². The Morgan fingerprint density at radius 3 is 2.62 bits per heavy atom. The minimum atomic E-state index is -1.30. The second-order valence-electron chi connectivity index (χ2n) is 8.50. The lowest BCUT2D eigenvalue weighted by Crippen LogP contribution is -2.56. The Labute approximate surface area is 201 Å². The lowest BCUT2D eigenvalue weighted by molar-refractivity contribution is -0.142. The van der Waals surface area contributed by atoms with Crippen molar-refractivity contribution in [2.75, 3.05) is 31.1 Å². The van der Waals surface area contributed by atoms with Crippen molar-refractivity contribution in [3.05, 3.63) is 59.9 Å². The van der Waals surface area contributed by atoms with Crippen LogP contribution < -0.4 is 15.1 Å². The molecule has 0 aromatic heterocycles. The van der Waals surface area contributed by atoms with Gasteiger partial charge in [-0.3, -0.25) is 14.8 Å². The molecule has 2 aromatic carbocycles. The summed E-state index contributed by atoms with van der Waals surface area (Å²) < 4.78 is 28.6. The van der Waals surface area contributed by atoms with E-state index in [1.165, 1.54) is 11.0 Å². The summed E-state index contributed by atoms with van der Waals surface area (Å²) in [5, 5.41) is 9.02. The number of amides is 2. The van der Waals surface area contributed by atoms with E-state index in [0.717, 1.165) is 17.7 Å². The molecule has 2 atom stereocenters. The van der Waals surface area contributed by atoms with Crippen molar-refractivity contribution in [2.24, 2.45) is 5.92 Å². The molecule has 1 saturated heterocycles. The number of aryl methyl sites for hydroxylation is 1. The fourth-order valence-electron chi connectivity index (χ4n) is 4.34. The first-order valence-electron chi connectivity index (χ1n) is 12.2. The molecule has 7 nitrogen and oxygen atoms in total. The Bertz CT molecular complexity index is 1000. The van der Waals surface area contributed by atoms with Crippen molar-refractivity contribution >= 4 is 17.5 Å². The van der Waals surface area contributed by atoms with E-state index in [2.05, 4.69) is 0 Å². The number of benzene rings is 2. The van der Waals surface area contributed by atoms with E-state index in [0.29, 0.717) is 31.7 Å². The van der Waals surface area contributed by atoms with E-state index in [1.807, 2.05) is 31.2 Å². The van der Waals surface area contributed by atoms with Gasteiger partial charge in [0, 0.05) is 38.0 Å². The van der Waals surface area contributed by atoms with Crippen LogP contribution in [0.5, 0.6) is 5.75 Å². The number of rotatable bonds is 10. The van der Waals surface area contributed by atoms with Gasteiger partial charge in [0.1, 0.15) is 11.6 Å². The molecular formula is C26H34FN3O4. The van der Waals surface area contributed by atoms with E-state index in [-0.39, 0.29) is 31.2 Å². The lowest BCUT2D eigenvalue weighted by Gasteiger charge is -2.42. The van der Waals surface area contributed by atoms with Crippen LogP contribution in [0, 0.1) is 11.7 Å². The number of nitrogens with zero attached hydrogens (tertiary/aromatic N) is 2. The lowest BCUT2D eigenvalue weighted by atomic mass is 9.94. The highest BCUT2D eigenvalue weighted by Gasteiger charge is 2.33. The van der Waals surface area contributed by atoms with Crippen molar-refractivity contribution in [3.63, 3.8) is 0 Å². The van der Waals surface area contributed by atoms with Crippen LogP contribution in [0.2, 0.25) is 0 Å². The number of carbonyl (C=O) groups excluding carboxylic acids is 2. The highest BCUT2D eigenvalue weighted by atomic mass is 19.1. The number of hydroxylamine groups is 1. The monoisotopic (exact) mass is 472 g/mol. The predicted octanol–water partition coefficient (Wildman–Crippen LogP) is 3.80. The minimum absolute atomic E-state index is 0.144. The topological polar surface area (TPSA) is 82.1 Å². The summed E-state index contributed by atoms with van der Waals surface area (Å²) in [6.45, 7) is 4.91. The number of hydrogen-bond donors (Lipinski definition) is 2. The molecule has 0 aliphatic carbocycles. The molecule has 2 aromatic rings. The average Bonchev–Trinajstić information content (AvgIpc) is 2.84. The zero-order valence-corrected chi connectivity index (χ0v) is 19.8. The van der Waals surface area contributed by atoms with Gasteiger partial charge in [0.05, 0.1) is 13.7 Å². The van der Waals surface area contributed by atoms with Crippen LogP contribution in [0.1, 0.15) is 40.0 Å². The maximum atomic E-state index is 14.3. The first-order valence-corrected chi connectivity index (χ1v) is 11.7. The van der Waals surface area contributed by atoms with Gasteiger partial charge < -0.3 is 14.5 Å². The zero-order chi connectivity index (χ0) is 25.4. The van der Waals surface area contributed by atoms with Crippen LogP contribution >= 0.6 is 0 Å². The first-order chi connectivity index (χ1) is 16.7. The van der Waals surface area contributed by atoms with Crippen LogP contribution in [0.25, 0.3) is 0 Å². The molecule has 0 saturated carbocycles. The van der Waals surface area contributed by atoms with Gasteiger partial charge in [-0.2, -0.15) is 0 Å². The molecule has 34 heavy (non-hydrogen) atoms. The number of carbonyl (C=O) groups is 2. The van der Waals surface area contributed by atoms with Crippen LogP contribution in [0.3, 0.4) is 0 Å². The standard InChI is InChI=1S/C26H34FN3O4/c1-3-34-22-13-11-20(12-14-22)7-6-8-21(17-25(31)28-33)26(32)30-16-15-29(18-19(30)2)24-10-5-4-9-23(24)27/h4-5,9-14,19,21,33H,3,6-8,15-18H2,1-2H3,(H,28,31)/t19-,21?/m1/s1/i19D. The Morgan fingerprint density at radius 2 is 1.97 bits per heavy atom. The van der Waals surface area contributed by atoms with E-state index >= 15 is 0 Å². The summed E-state index contributed by atoms with van der Waals surface area (Å²) in [5.74, 6) is -1.18. The van der Waals surface area contributed by atoms with Crippen molar-refractivity contribution in [1.82, 2.24) is 10.4 Å². The SMILES string of the molecule is [2H][C@@]1(C)CN(c2ccccc2F)CCN1C(=O)C(CCCc1ccc(OCC)cc1)CC(=O)NO. The third kappa shape index (κ3) is 6.70. The maximum Gasteiger partial charge on any atom is 0.244 e. The highest BCUT2D eigenvalue weighted by molar-refractivity contribution is 5.85. The van der Waals surface area contributed by atoms with Gasteiger partial charge in [-0.05, 0) is 62.9 Å². The van der Waals surface area contributed by atoms with Gasteiger partial charge >= 0.3 is 0 Å². The molecule has 2 amide bonds. The Hall–Kier alpha value is -3.13. The molecular weight excluding hydrogens is 437 g/mol. The van der Waals surface area contributed by atoms with Crippen LogP contribution in [0.4, 0.5) is 10.1 Å². The fraction of sp³-hybridized carbons (Fsp3) is 0.462. The molecule has 1 heterocycles. The van der Waals surface area contributed by atoms with Gasteiger partial charge in [0.15, 0.2) is 0 Å². The van der Waals surface area contributed by atoms with Crippen molar-refractivity contribution < 1.29 is 25.3 Å². The molecule has 184 valence electrons. The van der Waals surface area contributed by atoms with Crippen molar-refractivity contribution in [3.8, 4) is 5.75 Å². The average molecular weight is 473 g/mol. The van der Waals surface area contributed by atoms with E-state index in [9.17, 15) is 14.0 Å². The number of para-hydroxylation sites is 1. The summed E-state index contributed by atoms with van der Waals surface area (Å²) in [5.41, 5.74) is 3.11. The Morgan fingerprint density at radius 1 is 1.24 bits per heavy atom. The third-order valence-corrected chi connectivity index (χ3v) is 6.09. The number of halogens is 1. The normalized spacial score (nSPS) is 19.4. The fourth-order valence-corrected chi connectivity index (χ4v) is 4.34. The molecule has 0 bridgehead atoms. The number of hydrogen-bond acceptors (Lipinski definition) is 5. The molecule has 2 N–H and O–H groups in total. The molecule has 1 aliphatic heterocycles. The largest absolute Gasteiger partial charge is 0.494 e. The second-order valence-corrected chi connectivity index (χ2v) is 8.50. The van der Waals surface area contributed by atoms with Gasteiger partial charge in [-0.25, -0.2) is 9.87 Å². The van der Waals surface area contributed by atoms with Gasteiger partial charge in [-0.15, -0.1) is 0 Å². The van der Waals surface area contributed by atoms with Gasteiger partial charge in [0.25, 0.3) is 0 Å². The summed E-state index contributed by atoms with van der Waals surface area (Å²) in [6.07, 6.45) is 1.65. The predicted molar refractivity (Wildman–Crippen MR) is 128 cm³/mol. The molecule has 0 radical (unpaired) electrons. The van der Waals surface area contributed by atoms with Crippen LogP contribution in [-0.4, -0.2) is 54.2 Å². The molecule has 8 heteroatoms. The number of nitrogens with one attached hydrogen (secondary N) is 1. The molecule has 0 spiro atoms. The zero-order valence-electron chi connectivity index (χ0n) is 20.8. The van der Waals surface area contributed by atoms with Gasteiger partial charge in [0.2, 0.25) is 11.8 Å². The number of piperazine rings is 1. The Kier molecular flexibility index (Phi) is 8.73. The molecule has 1 fully saturated rings. The van der Waals surface area contributed by atoms with Gasteiger partial charge in [-0.1, -0.05) is 24.3 Å². The summed E-state index contributed by atoms with van der Waals surface area (Å²) in [7, 11) is 0. The van der Waals surface area contributed by atoms with Crippen LogP contribution in [0.15, 0.2) is 48.5 Å². The molecule has 1 aliphatic rings. The first kappa shape index (κ1) is 24.0. The van der Waals surface area contributed by atoms with E-state index in [4.69, 9.17) is 11.3 Å². The Balaban J connectivity index is 1.65. The third-order valence-electron chi connectivity index (χ3n) is 6.09. The highest BCUT2D eigenvalue weighted by Crippen LogP contribution is 2.25. The molecule has 3 rings (SSSR count). The van der Waals surface area contributed by atoms with Crippen molar-refractivity contribution in [2.45, 2.75) is 45.5 Å². The smallest absolute Gasteiger partial charge is 0.244 e. The number of ether oxygens (including phenoxy) is 1. The summed E-state index contributed by atoms with van der Waals surface area (Å²) in [4.78, 5) is 28.6. The quantitative estimate of drug-likeness (QED) is 0.406. The number of anilines is 1. The van der Waals surface area contributed by atoms with Crippen molar-refractivity contribution in [1.29, 1.82) is 0 Å². The molecule has 1 unspecified atom stereocenters. The summed E-state index contributed by atoms with van der Waals surface area (Å²) >= 11 is 0. The minimum Gasteiger partial charge on any atom is -0.494 e.